The molecule has 0 amide bonds. The van der Waals surface area contributed by atoms with Gasteiger partial charge in [0.1, 0.15) is 29.0 Å². The summed E-state index contributed by atoms with van der Waals surface area (Å²) in [7, 11) is -9.70. The summed E-state index contributed by atoms with van der Waals surface area (Å²) >= 11 is 0. The quantitative estimate of drug-likeness (QED) is 0.417. The van der Waals surface area contributed by atoms with Crippen LogP contribution in [0.25, 0.3) is 10.8 Å². The fraction of sp³-hybridized carbons (Fsp3) is 0. The van der Waals surface area contributed by atoms with Crippen molar-refractivity contribution in [1.82, 2.24) is 0 Å². The van der Waals surface area contributed by atoms with E-state index in [9.17, 15) is 34.6 Å². The van der Waals surface area contributed by atoms with Crippen molar-refractivity contribution in [2.24, 2.45) is 0 Å². The number of halogens is 3. The fourth-order valence-electron chi connectivity index (χ4n) is 2.73. The Morgan fingerprint density at radius 2 is 1.31 bits per heavy atom. The van der Waals surface area contributed by atoms with Crippen molar-refractivity contribution in [3.63, 3.8) is 0 Å². The lowest BCUT2D eigenvalue weighted by atomic mass is 10.1. The molecule has 0 atom stereocenters. The zero-order valence-electron chi connectivity index (χ0n) is 15.2. The van der Waals surface area contributed by atoms with E-state index in [0.29, 0.717) is 6.07 Å². The van der Waals surface area contributed by atoms with Gasteiger partial charge in [0.25, 0.3) is 20.2 Å². The first kappa shape index (κ1) is 23.0. The summed E-state index contributed by atoms with van der Waals surface area (Å²) in [4.78, 5) is -1.58. The van der Waals surface area contributed by atoms with Crippen molar-refractivity contribution in [2.75, 3.05) is 0 Å². The van der Waals surface area contributed by atoms with Crippen LogP contribution in [0.4, 0.5) is 13.2 Å². The monoisotopic (exact) mass is 484 g/mol. The van der Waals surface area contributed by atoms with Crippen molar-refractivity contribution in [3.8, 4) is 23.6 Å². The van der Waals surface area contributed by atoms with Gasteiger partial charge in [0.15, 0.2) is 11.6 Å². The summed E-state index contributed by atoms with van der Waals surface area (Å²) in [5.74, 6) is -7.85. The van der Waals surface area contributed by atoms with E-state index < -0.39 is 70.1 Å². The van der Waals surface area contributed by atoms with Gasteiger partial charge in [-0.25, -0.2) is 8.78 Å². The predicted octanol–water partition coefficient (Wildman–Crippen LogP) is 3.29. The molecule has 3 aromatic rings. The first-order valence-corrected chi connectivity index (χ1v) is 10.9. The van der Waals surface area contributed by atoms with Gasteiger partial charge in [0.2, 0.25) is 11.6 Å². The summed E-state index contributed by atoms with van der Waals surface area (Å²) in [6.07, 6.45) is 0. The molecular weight excluding hydrogens is 477 g/mol. The molecule has 0 spiro atoms. The number of rotatable bonds is 4. The van der Waals surface area contributed by atoms with Crippen LogP contribution in [0.15, 0.2) is 40.1 Å². The van der Waals surface area contributed by atoms with E-state index in [1.165, 1.54) is 6.07 Å². The van der Waals surface area contributed by atoms with Crippen LogP contribution >= 0.6 is 0 Å². The summed E-state index contributed by atoms with van der Waals surface area (Å²) in [5, 5.41) is 17.4. The average Bonchev–Trinajstić information content (AvgIpc) is 2.71. The average molecular weight is 484 g/mol. The van der Waals surface area contributed by atoms with E-state index in [1.807, 2.05) is 0 Å². The fourth-order valence-corrected chi connectivity index (χ4v) is 3.78. The van der Waals surface area contributed by atoms with Crippen LogP contribution < -0.4 is 4.74 Å². The lowest BCUT2D eigenvalue weighted by Gasteiger charge is -2.14. The Kier molecular flexibility index (Phi) is 5.58. The van der Waals surface area contributed by atoms with Crippen molar-refractivity contribution < 1.29 is 43.8 Å². The second-order valence-corrected chi connectivity index (χ2v) is 8.94. The third kappa shape index (κ3) is 3.95. The molecule has 0 saturated carbocycles. The van der Waals surface area contributed by atoms with Crippen LogP contribution in [0, 0.1) is 40.1 Å². The molecule has 0 saturated heterocycles. The van der Waals surface area contributed by atoms with Crippen molar-refractivity contribution in [2.45, 2.75) is 9.79 Å². The highest BCUT2D eigenvalue weighted by Gasteiger charge is 2.28. The molecule has 9 nitrogen and oxygen atoms in total. The minimum atomic E-state index is -4.96. The molecule has 0 heterocycles. The van der Waals surface area contributed by atoms with Crippen molar-refractivity contribution in [3.05, 3.63) is 58.9 Å². The van der Waals surface area contributed by atoms with Gasteiger partial charge in [-0.1, -0.05) is 0 Å². The van der Waals surface area contributed by atoms with E-state index in [1.54, 1.807) is 0 Å². The van der Waals surface area contributed by atoms with Gasteiger partial charge >= 0.3 is 0 Å². The van der Waals surface area contributed by atoms with Gasteiger partial charge in [0, 0.05) is 11.5 Å². The third-order valence-electron chi connectivity index (χ3n) is 4.17. The van der Waals surface area contributed by atoms with E-state index in [2.05, 4.69) is 0 Å². The zero-order chi connectivity index (χ0) is 24.0. The summed E-state index contributed by atoms with van der Waals surface area (Å²) in [6.45, 7) is 0. The predicted molar refractivity (Wildman–Crippen MR) is 99.4 cm³/mol. The minimum Gasteiger partial charge on any atom is -0.450 e. The molecular formula is C18H7F3N2O7S2. The first-order valence-electron chi connectivity index (χ1n) is 8.01. The maximum absolute atomic E-state index is 14.6. The number of fused-ring (bicyclic) bond motifs is 1. The van der Waals surface area contributed by atoms with Crippen molar-refractivity contribution in [1.29, 1.82) is 10.5 Å². The largest absolute Gasteiger partial charge is 0.450 e. The van der Waals surface area contributed by atoms with Crippen LogP contribution in [0.1, 0.15) is 11.1 Å². The zero-order valence-corrected chi connectivity index (χ0v) is 16.8. The molecule has 0 radical (unpaired) electrons. The Balaban J connectivity index is 2.37. The smallest absolute Gasteiger partial charge is 0.294 e. The minimum absolute atomic E-state index is 0.174. The van der Waals surface area contributed by atoms with Crippen molar-refractivity contribution >= 4 is 31.0 Å². The van der Waals surface area contributed by atoms with E-state index >= 15 is 0 Å². The van der Waals surface area contributed by atoms with E-state index in [4.69, 9.17) is 19.8 Å². The summed E-state index contributed by atoms with van der Waals surface area (Å²) < 4.78 is 112. The number of nitrogens with zero attached hydrogens (tertiary/aromatic N) is 2. The normalized spacial score (nSPS) is 11.7. The molecule has 0 aliphatic carbocycles. The second-order valence-electron chi connectivity index (χ2n) is 6.10. The molecule has 0 bridgehead atoms. The highest BCUT2D eigenvalue weighted by Crippen LogP contribution is 2.38. The van der Waals surface area contributed by atoms with Crippen LogP contribution in [0.5, 0.6) is 11.5 Å². The first-order chi connectivity index (χ1) is 14.8. The van der Waals surface area contributed by atoms with Gasteiger partial charge in [-0.3, -0.25) is 9.11 Å². The molecule has 0 aromatic heterocycles. The highest BCUT2D eigenvalue weighted by molar-refractivity contribution is 7.86. The molecule has 2 N–H and O–H groups in total. The summed E-state index contributed by atoms with van der Waals surface area (Å²) in [6, 6.07) is 6.31. The molecule has 32 heavy (non-hydrogen) atoms. The topological polar surface area (TPSA) is 166 Å². The standard InChI is InChI=1S/C18H7F3N2O7S2/c19-15-12(6-22)13(7-23)16(20)18(17(15)21)30-14-5-10(32(27,28)29)4-8-3-9(31(24,25)26)1-2-11(8)14/h1-5H,(H,24,25,26)(H,27,28,29). The maximum atomic E-state index is 14.6. The lowest BCUT2D eigenvalue weighted by molar-refractivity contribution is 0.386. The Labute approximate surface area is 178 Å². The van der Waals surface area contributed by atoms with Gasteiger partial charge in [-0.15, -0.1) is 0 Å². The molecule has 3 aromatic carbocycles. The molecule has 3 rings (SSSR count). The van der Waals surface area contributed by atoms with Crippen LogP contribution in [-0.4, -0.2) is 25.9 Å². The maximum Gasteiger partial charge on any atom is 0.294 e. The molecule has 0 unspecified atom stereocenters. The second kappa shape index (κ2) is 7.77. The molecule has 0 aliphatic rings. The van der Waals surface area contributed by atoms with E-state index in [0.717, 1.165) is 30.3 Å². The number of nitriles is 2. The number of benzene rings is 3. The molecule has 164 valence electrons. The van der Waals surface area contributed by atoms with Gasteiger partial charge in [0.05, 0.1) is 9.79 Å². The summed E-state index contributed by atoms with van der Waals surface area (Å²) in [5.41, 5.74) is -2.39. The van der Waals surface area contributed by atoms with Gasteiger partial charge in [-0.2, -0.15) is 31.7 Å². The Morgan fingerprint density at radius 3 is 1.84 bits per heavy atom. The molecule has 0 aliphatic heterocycles. The van der Waals surface area contributed by atoms with Crippen LogP contribution in [-0.2, 0) is 20.2 Å². The molecule has 14 heteroatoms. The SMILES string of the molecule is N#Cc1c(F)c(F)c(Oc2cc(S(=O)(=O)O)cc3cc(S(=O)(=O)O)ccc23)c(F)c1C#N. The van der Waals surface area contributed by atoms with Gasteiger partial charge in [-0.05, 0) is 29.7 Å². The number of hydrogen-bond donors (Lipinski definition) is 2. The molecule has 0 fully saturated rings. The number of ether oxygens (including phenoxy) is 1. The number of hydrogen-bond acceptors (Lipinski definition) is 7. The van der Waals surface area contributed by atoms with Crippen LogP contribution in [0.2, 0.25) is 0 Å². The Hall–Kier alpha value is -3.69. The third-order valence-corrected chi connectivity index (χ3v) is 5.85. The lowest BCUT2D eigenvalue weighted by Crippen LogP contribution is -2.05. The highest BCUT2D eigenvalue weighted by atomic mass is 32.2. The Morgan fingerprint density at radius 1 is 0.781 bits per heavy atom. The Bertz CT molecular complexity index is 1600. The van der Waals surface area contributed by atoms with Crippen LogP contribution in [0.3, 0.4) is 0 Å². The van der Waals surface area contributed by atoms with Gasteiger partial charge < -0.3 is 4.74 Å². The van der Waals surface area contributed by atoms with E-state index in [-0.39, 0.29) is 10.8 Å².